The summed E-state index contributed by atoms with van der Waals surface area (Å²) in [6.45, 7) is 0. The average molecular weight is 419 g/mol. The van der Waals surface area contributed by atoms with Crippen molar-refractivity contribution in [2.75, 3.05) is 5.32 Å². The largest absolute Gasteiger partial charge is 0.307 e. The fraction of sp³-hybridized carbons (Fsp3) is 0. The molecular weight excluding hydrogens is 403 g/mol. The molecule has 1 N–H and O–H groups in total. The molecule has 0 aliphatic rings. The standard InChI is InChI=1S/C24H16Cl2N2O/c25-20-11-13-23(27-15-20)28-24(29)19-10-12-22(26)21(14-19)18-8-6-17(7-9-18)16-4-2-1-3-5-16/h1-15H,(H,27,28,29). The third-order valence-electron chi connectivity index (χ3n) is 4.50. The van der Waals surface area contributed by atoms with Gasteiger partial charge in [-0.3, -0.25) is 4.79 Å². The molecule has 4 rings (SSSR count). The van der Waals surface area contributed by atoms with Crippen molar-refractivity contribution < 1.29 is 4.79 Å². The zero-order valence-electron chi connectivity index (χ0n) is 15.3. The predicted octanol–water partition coefficient (Wildman–Crippen LogP) is 6.97. The highest BCUT2D eigenvalue weighted by Gasteiger charge is 2.11. The van der Waals surface area contributed by atoms with E-state index in [-0.39, 0.29) is 5.91 Å². The molecule has 0 aliphatic heterocycles. The fourth-order valence-corrected chi connectivity index (χ4v) is 3.34. The molecule has 1 aromatic heterocycles. The van der Waals surface area contributed by atoms with Gasteiger partial charge in [0.2, 0.25) is 0 Å². The van der Waals surface area contributed by atoms with Crippen LogP contribution in [0.1, 0.15) is 10.4 Å². The minimum Gasteiger partial charge on any atom is -0.307 e. The van der Waals surface area contributed by atoms with E-state index in [1.165, 1.54) is 6.20 Å². The summed E-state index contributed by atoms with van der Waals surface area (Å²) in [6, 6.07) is 26.8. The first-order valence-corrected chi connectivity index (χ1v) is 9.74. The van der Waals surface area contributed by atoms with Crippen LogP contribution >= 0.6 is 23.2 Å². The van der Waals surface area contributed by atoms with Crippen LogP contribution in [0.25, 0.3) is 22.3 Å². The number of pyridine rings is 1. The molecule has 3 aromatic carbocycles. The summed E-state index contributed by atoms with van der Waals surface area (Å²) in [7, 11) is 0. The Labute approximate surface area is 179 Å². The fourth-order valence-electron chi connectivity index (χ4n) is 3.00. The van der Waals surface area contributed by atoms with Gasteiger partial charge in [0.25, 0.3) is 5.91 Å². The molecule has 0 fully saturated rings. The first-order valence-electron chi connectivity index (χ1n) is 8.98. The van der Waals surface area contributed by atoms with E-state index < -0.39 is 0 Å². The Balaban J connectivity index is 1.59. The summed E-state index contributed by atoms with van der Waals surface area (Å²) in [6.07, 6.45) is 1.48. The van der Waals surface area contributed by atoms with Crippen LogP contribution in [0.2, 0.25) is 10.0 Å². The molecule has 5 heteroatoms. The van der Waals surface area contributed by atoms with Crippen LogP contribution in [0.3, 0.4) is 0 Å². The smallest absolute Gasteiger partial charge is 0.256 e. The Morgan fingerprint density at radius 1 is 0.759 bits per heavy atom. The molecule has 0 radical (unpaired) electrons. The predicted molar refractivity (Wildman–Crippen MR) is 120 cm³/mol. The molecule has 1 heterocycles. The Bertz CT molecular complexity index is 1140. The summed E-state index contributed by atoms with van der Waals surface area (Å²) in [5.74, 6) is 0.168. The molecule has 4 aromatic rings. The Morgan fingerprint density at radius 2 is 1.45 bits per heavy atom. The Morgan fingerprint density at radius 3 is 2.14 bits per heavy atom. The van der Waals surface area contributed by atoms with E-state index in [9.17, 15) is 4.79 Å². The number of carbonyl (C=O) groups excluding carboxylic acids is 1. The number of amides is 1. The van der Waals surface area contributed by atoms with Gasteiger partial charge in [-0.25, -0.2) is 4.98 Å². The molecule has 3 nitrogen and oxygen atoms in total. The van der Waals surface area contributed by atoms with E-state index in [0.717, 1.165) is 22.3 Å². The van der Waals surface area contributed by atoms with Crippen LogP contribution in [0.5, 0.6) is 0 Å². The maximum Gasteiger partial charge on any atom is 0.256 e. The number of aromatic nitrogens is 1. The molecule has 142 valence electrons. The highest BCUT2D eigenvalue weighted by Crippen LogP contribution is 2.31. The molecule has 29 heavy (non-hydrogen) atoms. The number of hydrogen-bond donors (Lipinski definition) is 1. The monoisotopic (exact) mass is 418 g/mol. The number of halogens is 2. The van der Waals surface area contributed by atoms with E-state index in [0.29, 0.717) is 21.4 Å². The van der Waals surface area contributed by atoms with Crippen molar-refractivity contribution in [1.29, 1.82) is 0 Å². The second-order valence-corrected chi connectivity index (χ2v) is 7.30. The summed E-state index contributed by atoms with van der Waals surface area (Å²) >= 11 is 12.2. The number of nitrogens with one attached hydrogen (secondary N) is 1. The highest BCUT2D eigenvalue weighted by molar-refractivity contribution is 6.33. The van der Waals surface area contributed by atoms with E-state index in [1.807, 2.05) is 42.5 Å². The molecule has 1 amide bonds. The van der Waals surface area contributed by atoms with Crippen molar-refractivity contribution in [2.45, 2.75) is 0 Å². The van der Waals surface area contributed by atoms with Crippen LogP contribution in [0.15, 0.2) is 91.1 Å². The first-order chi connectivity index (χ1) is 14.1. The molecule has 0 spiro atoms. The SMILES string of the molecule is O=C(Nc1ccc(Cl)cn1)c1ccc(Cl)c(-c2ccc(-c3ccccc3)cc2)c1. The van der Waals surface area contributed by atoms with Gasteiger partial charge in [-0.2, -0.15) is 0 Å². The van der Waals surface area contributed by atoms with Gasteiger partial charge in [-0.1, -0.05) is 77.8 Å². The molecule has 0 aliphatic carbocycles. The summed E-state index contributed by atoms with van der Waals surface area (Å²) < 4.78 is 0. The van der Waals surface area contributed by atoms with E-state index in [1.54, 1.807) is 30.3 Å². The number of benzene rings is 3. The molecule has 0 bridgehead atoms. The van der Waals surface area contributed by atoms with Crippen LogP contribution in [0, 0.1) is 0 Å². The van der Waals surface area contributed by atoms with E-state index in [2.05, 4.69) is 22.4 Å². The number of anilines is 1. The van der Waals surface area contributed by atoms with Crippen molar-refractivity contribution in [3.05, 3.63) is 107 Å². The maximum atomic E-state index is 12.6. The van der Waals surface area contributed by atoms with Gasteiger partial charge in [0.15, 0.2) is 0 Å². The van der Waals surface area contributed by atoms with Gasteiger partial charge in [-0.15, -0.1) is 0 Å². The van der Waals surface area contributed by atoms with Crippen molar-refractivity contribution in [3.63, 3.8) is 0 Å². The van der Waals surface area contributed by atoms with Crippen molar-refractivity contribution in [3.8, 4) is 22.3 Å². The lowest BCUT2D eigenvalue weighted by molar-refractivity contribution is 0.102. The zero-order chi connectivity index (χ0) is 20.2. The van der Waals surface area contributed by atoms with Crippen molar-refractivity contribution in [2.24, 2.45) is 0 Å². The van der Waals surface area contributed by atoms with Crippen LogP contribution in [0.4, 0.5) is 5.82 Å². The minimum absolute atomic E-state index is 0.265. The van der Waals surface area contributed by atoms with Gasteiger partial charge >= 0.3 is 0 Å². The lowest BCUT2D eigenvalue weighted by Crippen LogP contribution is -2.12. The van der Waals surface area contributed by atoms with Gasteiger partial charge in [0.05, 0.1) is 5.02 Å². The number of carbonyl (C=O) groups is 1. The lowest BCUT2D eigenvalue weighted by atomic mass is 9.99. The Hall–Kier alpha value is -3.14. The van der Waals surface area contributed by atoms with Gasteiger partial charge in [0.1, 0.15) is 5.82 Å². The second kappa shape index (κ2) is 8.48. The number of nitrogens with zero attached hydrogens (tertiary/aromatic N) is 1. The van der Waals surface area contributed by atoms with Gasteiger partial charge < -0.3 is 5.32 Å². The van der Waals surface area contributed by atoms with Crippen LogP contribution in [-0.2, 0) is 0 Å². The summed E-state index contributed by atoms with van der Waals surface area (Å²) in [5, 5.41) is 3.85. The van der Waals surface area contributed by atoms with Crippen LogP contribution < -0.4 is 5.32 Å². The number of rotatable bonds is 4. The minimum atomic E-state index is -0.265. The van der Waals surface area contributed by atoms with Crippen LogP contribution in [-0.4, -0.2) is 10.9 Å². The molecular formula is C24H16Cl2N2O. The second-order valence-electron chi connectivity index (χ2n) is 6.45. The normalized spacial score (nSPS) is 10.6. The van der Waals surface area contributed by atoms with E-state index in [4.69, 9.17) is 23.2 Å². The molecule has 0 atom stereocenters. The van der Waals surface area contributed by atoms with Crippen molar-refractivity contribution >= 4 is 34.9 Å². The topological polar surface area (TPSA) is 42.0 Å². The third-order valence-corrected chi connectivity index (χ3v) is 5.05. The molecule has 0 saturated carbocycles. The zero-order valence-corrected chi connectivity index (χ0v) is 16.8. The summed E-state index contributed by atoms with van der Waals surface area (Å²) in [5.41, 5.74) is 4.49. The molecule has 0 unspecified atom stereocenters. The highest BCUT2D eigenvalue weighted by atomic mass is 35.5. The summed E-state index contributed by atoms with van der Waals surface area (Å²) in [4.78, 5) is 16.7. The average Bonchev–Trinajstić information content (AvgIpc) is 2.76. The lowest BCUT2D eigenvalue weighted by Gasteiger charge is -2.10. The van der Waals surface area contributed by atoms with E-state index >= 15 is 0 Å². The Kier molecular flexibility index (Phi) is 5.61. The third kappa shape index (κ3) is 4.48. The van der Waals surface area contributed by atoms with Gasteiger partial charge in [0, 0.05) is 22.3 Å². The number of hydrogen-bond acceptors (Lipinski definition) is 2. The quantitative estimate of drug-likeness (QED) is 0.388. The maximum absolute atomic E-state index is 12.6. The molecule has 0 saturated heterocycles. The first kappa shape index (κ1) is 19.2. The van der Waals surface area contributed by atoms with Crippen molar-refractivity contribution in [1.82, 2.24) is 4.98 Å². The van der Waals surface area contributed by atoms with Gasteiger partial charge in [-0.05, 0) is 47.0 Å².